The minimum Gasteiger partial charge on any atom is -0.495 e. The van der Waals surface area contributed by atoms with Crippen LogP contribution in [0.4, 0.5) is 0 Å². The van der Waals surface area contributed by atoms with Gasteiger partial charge in [-0.15, -0.1) is 0 Å². The summed E-state index contributed by atoms with van der Waals surface area (Å²) in [5.41, 5.74) is -0.692. The van der Waals surface area contributed by atoms with Crippen LogP contribution in [0.5, 0.6) is 0 Å². The van der Waals surface area contributed by atoms with Crippen LogP contribution >= 0.6 is 0 Å². The highest BCUT2D eigenvalue weighted by Gasteiger charge is 2.35. The first kappa shape index (κ1) is 12.9. The highest BCUT2D eigenvalue weighted by molar-refractivity contribution is 5.12. The second-order valence-corrected chi connectivity index (χ2v) is 5.29. The predicted octanol–water partition coefficient (Wildman–Crippen LogP) is 2.31. The van der Waals surface area contributed by atoms with Gasteiger partial charge in [-0.05, 0) is 57.7 Å². The molecule has 1 unspecified atom stereocenters. The average Bonchev–Trinajstić information content (AvgIpc) is 2.55. The topological polar surface area (TPSA) is 32.7 Å². The molecule has 0 amide bonds. The number of allylic oxidation sites excluding steroid dienone is 1. The van der Waals surface area contributed by atoms with Crippen LogP contribution in [0.2, 0.25) is 0 Å². The maximum Gasteiger partial charge on any atom is 0.124 e. The minimum absolute atomic E-state index is 0.692. The number of hydrogen-bond donors (Lipinski definition) is 1. The highest BCUT2D eigenvalue weighted by Crippen LogP contribution is 2.32. The number of aliphatic hydroxyl groups is 1. The predicted molar refractivity (Wildman–Crippen MR) is 68.8 cm³/mol. The summed E-state index contributed by atoms with van der Waals surface area (Å²) in [6.45, 7) is 6.24. The molecule has 1 N–H and O–H groups in total. The summed E-state index contributed by atoms with van der Waals surface area (Å²) in [6, 6.07) is 0. The molecule has 1 saturated heterocycles. The van der Waals surface area contributed by atoms with Gasteiger partial charge in [-0.25, -0.2) is 0 Å². The molecule has 2 rings (SSSR count). The van der Waals surface area contributed by atoms with Crippen molar-refractivity contribution in [3.05, 3.63) is 11.8 Å². The minimum atomic E-state index is -0.692. The standard InChI is InChI=1S/C14H25NO2/c1-2-9-15-10-5-7-14(16,8-11-15)13-6-3-4-12-17-13/h6,16H,2-5,7-12H2,1H3. The largest absolute Gasteiger partial charge is 0.495 e. The second-order valence-electron chi connectivity index (χ2n) is 5.29. The van der Waals surface area contributed by atoms with E-state index in [1.165, 1.54) is 6.42 Å². The summed E-state index contributed by atoms with van der Waals surface area (Å²) in [7, 11) is 0. The molecule has 0 aromatic rings. The molecule has 3 nitrogen and oxygen atoms in total. The highest BCUT2D eigenvalue weighted by atomic mass is 16.5. The molecule has 1 atom stereocenters. The molecule has 2 aliphatic rings. The third-order valence-corrected chi connectivity index (χ3v) is 3.84. The third-order valence-electron chi connectivity index (χ3n) is 3.84. The smallest absolute Gasteiger partial charge is 0.124 e. The van der Waals surface area contributed by atoms with Gasteiger partial charge >= 0.3 is 0 Å². The molecule has 1 fully saturated rings. The lowest BCUT2D eigenvalue weighted by atomic mass is 9.91. The number of rotatable bonds is 3. The van der Waals surface area contributed by atoms with E-state index in [0.29, 0.717) is 0 Å². The van der Waals surface area contributed by atoms with E-state index >= 15 is 0 Å². The molecule has 0 aromatic heterocycles. The van der Waals surface area contributed by atoms with Gasteiger partial charge in [0.05, 0.1) is 6.61 Å². The van der Waals surface area contributed by atoms with Gasteiger partial charge in [-0.1, -0.05) is 6.92 Å². The van der Waals surface area contributed by atoms with Gasteiger partial charge in [0.1, 0.15) is 11.4 Å². The van der Waals surface area contributed by atoms with Crippen molar-refractivity contribution in [3.63, 3.8) is 0 Å². The fourth-order valence-corrected chi connectivity index (χ4v) is 2.84. The zero-order valence-corrected chi connectivity index (χ0v) is 11.0. The van der Waals surface area contributed by atoms with Crippen LogP contribution in [0.25, 0.3) is 0 Å². The zero-order chi connectivity index (χ0) is 12.1. The van der Waals surface area contributed by atoms with E-state index in [4.69, 9.17) is 4.74 Å². The first-order valence-electron chi connectivity index (χ1n) is 7.03. The van der Waals surface area contributed by atoms with Crippen molar-refractivity contribution in [1.82, 2.24) is 4.90 Å². The third kappa shape index (κ3) is 3.23. The monoisotopic (exact) mass is 239 g/mol. The van der Waals surface area contributed by atoms with Gasteiger partial charge in [0.15, 0.2) is 0 Å². The Bertz CT molecular complexity index is 277. The second kappa shape index (κ2) is 5.87. The maximum atomic E-state index is 10.7. The van der Waals surface area contributed by atoms with Crippen molar-refractivity contribution >= 4 is 0 Å². The molecule has 0 spiro atoms. The average molecular weight is 239 g/mol. The molecule has 2 aliphatic heterocycles. The Labute approximate surface area is 104 Å². The van der Waals surface area contributed by atoms with Gasteiger partial charge in [-0.3, -0.25) is 0 Å². The SMILES string of the molecule is CCCN1CCCC(O)(C2=CCCCO2)CC1. The Morgan fingerprint density at radius 1 is 1.35 bits per heavy atom. The molecule has 3 heteroatoms. The Kier molecular flexibility index (Phi) is 4.46. The lowest BCUT2D eigenvalue weighted by molar-refractivity contribution is -0.00633. The first-order valence-corrected chi connectivity index (χ1v) is 7.03. The van der Waals surface area contributed by atoms with E-state index in [9.17, 15) is 5.11 Å². The van der Waals surface area contributed by atoms with Crippen LogP contribution in [0, 0.1) is 0 Å². The van der Waals surface area contributed by atoms with E-state index < -0.39 is 5.60 Å². The van der Waals surface area contributed by atoms with Gasteiger partial charge in [0, 0.05) is 6.54 Å². The molecule has 0 bridgehead atoms. The summed E-state index contributed by atoms with van der Waals surface area (Å²) in [5, 5.41) is 10.7. The molecule has 0 aromatic carbocycles. The quantitative estimate of drug-likeness (QED) is 0.820. The zero-order valence-electron chi connectivity index (χ0n) is 11.0. The Balaban J connectivity index is 1.98. The maximum absolute atomic E-state index is 10.7. The van der Waals surface area contributed by atoms with Crippen LogP contribution in [-0.2, 0) is 4.74 Å². The van der Waals surface area contributed by atoms with E-state index in [0.717, 1.165) is 64.1 Å². The van der Waals surface area contributed by atoms with Crippen LogP contribution in [0.3, 0.4) is 0 Å². The van der Waals surface area contributed by atoms with Crippen molar-refractivity contribution in [2.45, 2.75) is 51.0 Å². The summed E-state index contributed by atoms with van der Waals surface area (Å²) >= 11 is 0. The molecule has 0 aliphatic carbocycles. The summed E-state index contributed by atoms with van der Waals surface area (Å²) < 4.78 is 5.66. The van der Waals surface area contributed by atoms with Crippen molar-refractivity contribution in [2.24, 2.45) is 0 Å². The summed E-state index contributed by atoms with van der Waals surface area (Å²) in [4.78, 5) is 2.46. The van der Waals surface area contributed by atoms with Crippen molar-refractivity contribution in [1.29, 1.82) is 0 Å². The fourth-order valence-electron chi connectivity index (χ4n) is 2.84. The summed E-state index contributed by atoms with van der Waals surface area (Å²) in [5.74, 6) is 0.849. The van der Waals surface area contributed by atoms with Crippen LogP contribution in [0.15, 0.2) is 11.8 Å². The molecular weight excluding hydrogens is 214 g/mol. The lowest BCUT2D eigenvalue weighted by Crippen LogP contribution is -2.35. The van der Waals surface area contributed by atoms with Crippen molar-refractivity contribution < 1.29 is 9.84 Å². The number of hydrogen-bond acceptors (Lipinski definition) is 3. The lowest BCUT2D eigenvalue weighted by Gasteiger charge is -2.31. The van der Waals surface area contributed by atoms with Gasteiger partial charge in [-0.2, -0.15) is 0 Å². The molecule has 17 heavy (non-hydrogen) atoms. The molecule has 0 saturated carbocycles. The number of ether oxygens (including phenoxy) is 1. The van der Waals surface area contributed by atoms with E-state index in [1.54, 1.807) is 0 Å². The Morgan fingerprint density at radius 2 is 2.24 bits per heavy atom. The van der Waals surface area contributed by atoms with Crippen LogP contribution < -0.4 is 0 Å². The van der Waals surface area contributed by atoms with Gasteiger partial charge in [0.25, 0.3) is 0 Å². The molecule has 98 valence electrons. The van der Waals surface area contributed by atoms with E-state index in [1.807, 2.05) is 0 Å². The van der Waals surface area contributed by atoms with E-state index in [2.05, 4.69) is 17.9 Å². The Morgan fingerprint density at radius 3 is 2.94 bits per heavy atom. The molecule has 0 radical (unpaired) electrons. The number of nitrogens with zero attached hydrogens (tertiary/aromatic N) is 1. The fraction of sp³-hybridized carbons (Fsp3) is 0.857. The van der Waals surface area contributed by atoms with E-state index in [-0.39, 0.29) is 0 Å². The number of likely N-dealkylation sites (tertiary alicyclic amines) is 1. The molecule has 2 heterocycles. The van der Waals surface area contributed by atoms with Crippen LogP contribution in [0.1, 0.15) is 45.4 Å². The Hall–Kier alpha value is -0.540. The van der Waals surface area contributed by atoms with Crippen molar-refractivity contribution in [3.8, 4) is 0 Å². The van der Waals surface area contributed by atoms with Crippen molar-refractivity contribution in [2.75, 3.05) is 26.2 Å². The van der Waals surface area contributed by atoms with Gasteiger partial charge in [0.2, 0.25) is 0 Å². The van der Waals surface area contributed by atoms with Gasteiger partial charge < -0.3 is 14.7 Å². The van der Waals surface area contributed by atoms with Crippen LogP contribution in [-0.4, -0.2) is 41.8 Å². The molecular formula is C14H25NO2. The first-order chi connectivity index (χ1) is 8.24. The summed E-state index contributed by atoms with van der Waals surface area (Å²) in [6.07, 6.45) is 8.16. The normalized spacial score (nSPS) is 31.5.